The topological polar surface area (TPSA) is 104 Å². The fourth-order valence-corrected chi connectivity index (χ4v) is 3.89. The van der Waals surface area contributed by atoms with E-state index in [9.17, 15) is 14.7 Å². The van der Waals surface area contributed by atoms with Crippen LogP contribution in [0.3, 0.4) is 0 Å². The van der Waals surface area contributed by atoms with Gasteiger partial charge in [0.1, 0.15) is 11.4 Å². The lowest BCUT2D eigenvalue weighted by molar-refractivity contribution is 0.0502. The highest BCUT2D eigenvalue weighted by atomic mass is 19.1. The zero-order valence-corrected chi connectivity index (χ0v) is 15.0. The van der Waals surface area contributed by atoms with Crippen LogP contribution >= 0.6 is 0 Å². The van der Waals surface area contributed by atoms with E-state index in [1.54, 1.807) is 4.57 Å². The number of hydrogen-bond acceptors (Lipinski definition) is 5. The summed E-state index contributed by atoms with van der Waals surface area (Å²) in [6.45, 7) is 0.815. The molecule has 27 heavy (non-hydrogen) atoms. The van der Waals surface area contributed by atoms with Crippen LogP contribution in [-0.2, 0) is 10.3 Å². The summed E-state index contributed by atoms with van der Waals surface area (Å²) in [7, 11) is 1.41. The van der Waals surface area contributed by atoms with Gasteiger partial charge in [-0.15, -0.1) is 0 Å². The van der Waals surface area contributed by atoms with Crippen LogP contribution < -0.4 is 15.9 Å². The number of nitrogens with zero attached hydrogens (tertiary/aromatic N) is 1. The maximum Gasteiger partial charge on any atom is 0.341 e. The van der Waals surface area contributed by atoms with Crippen LogP contribution in [0.15, 0.2) is 17.1 Å². The molecule has 0 atom stereocenters. The number of carboxylic acids is 1. The van der Waals surface area contributed by atoms with Gasteiger partial charge >= 0.3 is 5.97 Å². The molecule has 1 aliphatic carbocycles. The van der Waals surface area contributed by atoms with E-state index < -0.39 is 22.8 Å². The second-order valence-corrected chi connectivity index (χ2v) is 7.25. The Labute approximate surface area is 154 Å². The lowest BCUT2D eigenvalue weighted by Gasteiger charge is -2.35. The molecule has 144 valence electrons. The van der Waals surface area contributed by atoms with Crippen molar-refractivity contribution in [3.05, 3.63) is 39.4 Å². The van der Waals surface area contributed by atoms with Crippen molar-refractivity contribution in [1.29, 1.82) is 0 Å². The average molecular weight is 376 g/mol. The van der Waals surface area contributed by atoms with E-state index in [0.717, 1.165) is 18.9 Å². The fraction of sp³-hybridized carbons (Fsp3) is 0.474. The Morgan fingerprint density at radius 1 is 1.41 bits per heavy atom. The van der Waals surface area contributed by atoms with Crippen LogP contribution in [0.2, 0.25) is 0 Å². The number of aromatic nitrogens is 1. The van der Waals surface area contributed by atoms with Gasteiger partial charge in [0.25, 0.3) is 0 Å². The number of benzene rings is 1. The molecule has 8 heteroatoms. The zero-order valence-electron chi connectivity index (χ0n) is 15.0. The van der Waals surface area contributed by atoms with E-state index in [2.05, 4.69) is 0 Å². The lowest BCUT2D eigenvalue weighted by atomic mass is 9.82. The van der Waals surface area contributed by atoms with Crippen LogP contribution in [0.4, 0.5) is 4.39 Å². The molecule has 0 unspecified atom stereocenters. The molecule has 0 bridgehead atoms. The minimum atomic E-state index is -1.33. The summed E-state index contributed by atoms with van der Waals surface area (Å²) in [5, 5.41) is 9.37. The van der Waals surface area contributed by atoms with E-state index in [-0.39, 0.29) is 28.3 Å². The predicted molar refractivity (Wildman–Crippen MR) is 95.9 cm³/mol. The number of ether oxygens (including phenoxy) is 2. The molecule has 0 radical (unpaired) electrons. The number of hydrogen-bond donors (Lipinski definition) is 2. The molecular weight excluding hydrogens is 355 g/mol. The second-order valence-electron chi connectivity index (χ2n) is 7.25. The van der Waals surface area contributed by atoms with Gasteiger partial charge in [-0.3, -0.25) is 4.79 Å². The normalized spacial score (nSPS) is 19.2. The number of halogens is 1. The molecular formula is C19H21FN2O5. The largest absolute Gasteiger partial charge is 0.494 e. The molecule has 0 amide bonds. The first kappa shape index (κ1) is 17.9. The molecule has 1 saturated heterocycles. The Kier molecular flexibility index (Phi) is 4.20. The van der Waals surface area contributed by atoms with Gasteiger partial charge < -0.3 is 24.9 Å². The van der Waals surface area contributed by atoms with Gasteiger partial charge in [-0.25, -0.2) is 9.18 Å². The number of aromatic carboxylic acids is 1. The molecule has 0 spiro atoms. The van der Waals surface area contributed by atoms with Crippen molar-refractivity contribution >= 4 is 16.9 Å². The zero-order chi connectivity index (χ0) is 19.3. The highest BCUT2D eigenvalue weighted by molar-refractivity contribution is 5.95. The highest BCUT2D eigenvalue weighted by Crippen LogP contribution is 2.44. The number of nitrogens with two attached hydrogens (primary N) is 1. The predicted octanol–water partition coefficient (Wildman–Crippen LogP) is 2.15. The number of carboxylic acid groups (broad SMARTS) is 1. The number of rotatable bonds is 4. The monoisotopic (exact) mass is 376 g/mol. The Balaban J connectivity index is 2.09. The average Bonchev–Trinajstić information content (AvgIpc) is 3.46. The van der Waals surface area contributed by atoms with Gasteiger partial charge in [-0.2, -0.15) is 0 Å². The standard InChI is InChI=1S/C19H21FN2O5/c1-26-17-14(19(21)4-6-27-7-5-19)13(20)8-11-15(17)22(10-2-3-10)9-12(16(11)23)18(24)25/h8-10H,2-7,21H2,1H3,(H,24,25). The quantitative estimate of drug-likeness (QED) is 0.847. The summed E-state index contributed by atoms with van der Waals surface area (Å²) in [5.74, 6) is -1.79. The van der Waals surface area contributed by atoms with Gasteiger partial charge in [-0.05, 0) is 31.7 Å². The van der Waals surface area contributed by atoms with Crippen molar-refractivity contribution in [1.82, 2.24) is 4.57 Å². The van der Waals surface area contributed by atoms with Crippen molar-refractivity contribution in [3.8, 4) is 5.75 Å². The third-order valence-corrected chi connectivity index (χ3v) is 5.48. The first-order valence-electron chi connectivity index (χ1n) is 8.93. The Morgan fingerprint density at radius 3 is 2.63 bits per heavy atom. The molecule has 2 aromatic rings. The number of methoxy groups -OCH3 is 1. The smallest absolute Gasteiger partial charge is 0.341 e. The van der Waals surface area contributed by atoms with E-state index in [1.807, 2.05) is 0 Å². The van der Waals surface area contributed by atoms with Gasteiger partial charge in [0.15, 0.2) is 5.75 Å². The second kappa shape index (κ2) is 6.31. The molecule has 1 aromatic carbocycles. The van der Waals surface area contributed by atoms with E-state index in [4.69, 9.17) is 15.2 Å². The van der Waals surface area contributed by atoms with Crippen LogP contribution in [0, 0.1) is 5.82 Å². The number of fused-ring (bicyclic) bond motifs is 1. The molecule has 2 heterocycles. The summed E-state index contributed by atoms with van der Waals surface area (Å²) in [6, 6.07) is 1.16. The minimum absolute atomic E-state index is 0.00411. The van der Waals surface area contributed by atoms with Crippen molar-refractivity contribution in [2.24, 2.45) is 5.73 Å². The third kappa shape index (κ3) is 2.80. The van der Waals surface area contributed by atoms with Crippen molar-refractivity contribution in [2.75, 3.05) is 20.3 Å². The molecule has 7 nitrogen and oxygen atoms in total. The van der Waals surface area contributed by atoms with Crippen molar-refractivity contribution in [2.45, 2.75) is 37.3 Å². The third-order valence-electron chi connectivity index (χ3n) is 5.48. The summed E-state index contributed by atoms with van der Waals surface area (Å²) < 4.78 is 27.8. The first-order valence-corrected chi connectivity index (χ1v) is 8.93. The molecule has 1 aliphatic heterocycles. The maximum atomic E-state index is 15.2. The Bertz CT molecular complexity index is 990. The fourth-order valence-electron chi connectivity index (χ4n) is 3.89. The lowest BCUT2D eigenvalue weighted by Crippen LogP contribution is -2.43. The van der Waals surface area contributed by atoms with E-state index >= 15 is 4.39 Å². The first-order chi connectivity index (χ1) is 12.9. The SMILES string of the molecule is COc1c(C2(N)CCOCC2)c(F)cc2c(=O)c(C(=O)O)cn(C3CC3)c12. The molecule has 3 N–H and O–H groups in total. The van der Waals surface area contributed by atoms with Crippen LogP contribution in [0.5, 0.6) is 5.75 Å². The van der Waals surface area contributed by atoms with Gasteiger partial charge in [0.2, 0.25) is 5.43 Å². The van der Waals surface area contributed by atoms with Crippen molar-refractivity contribution in [3.63, 3.8) is 0 Å². The Hall–Kier alpha value is -2.45. The molecule has 2 fully saturated rings. The maximum absolute atomic E-state index is 15.2. The molecule has 2 aliphatic rings. The van der Waals surface area contributed by atoms with Crippen LogP contribution in [-0.4, -0.2) is 36.0 Å². The summed E-state index contributed by atoms with van der Waals surface area (Å²) in [6.07, 6.45) is 3.89. The van der Waals surface area contributed by atoms with Crippen LogP contribution in [0.1, 0.15) is 47.6 Å². The summed E-state index contributed by atoms with van der Waals surface area (Å²) >= 11 is 0. The Morgan fingerprint density at radius 2 is 2.07 bits per heavy atom. The minimum Gasteiger partial charge on any atom is -0.494 e. The number of carbonyl (C=O) groups is 1. The van der Waals surface area contributed by atoms with E-state index in [1.165, 1.54) is 13.3 Å². The summed E-state index contributed by atoms with van der Waals surface area (Å²) in [4.78, 5) is 24.2. The van der Waals surface area contributed by atoms with Gasteiger partial charge in [0, 0.05) is 25.5 Å². The highest BCUT2D eigenvalue weighted by Gasteiger charge is 2.38. The van der Waals surface area contributed by atoms with Gasteiger partial charge in [0.05, 0.1) is 29.1 Å². The molecule has 1 aromatic heterocycles. The van der Waals surface area contributed by atoms with Crippen molar-refractivity contribution < 1.29 is 23.8 Å². The van der Waals surface area contributed by atoms with Gasteiger partial charge in [-0.1, -0.05) is 0 Å². The molecule has 4 rings (SSSR count). The molecule has 1 saturated carbocycles. The number of pyridine rings is 1. The van der Waals surface area contributed by atoms with E-state index in [0.29, 0.717) is 31.6 Å². The van der Waals surface area contributed by atoms with Crippen LogP contribution in [0.25, 0.3) is 10.9 Å². The summed E-state index contributed by atoms with van der Waals surface area (Å²) in [5.41, 5.74) is 5.07.